The lowest BCUT2D eigenvalue weighted by atomic mass is 10.1. The molecule has 0 atom stereocenters. The number of ether oxygens (including phenoxy) is 1. The average molecular weight is 391 g/mol. The van der Waals surface area contributed by atoms with Crippen molar-refractivity contribution in [1.82, 2.24) is 3.97 Å². The number of rotatable bonds is 6. The first kappa shape index (κ1) is 18.0. The number of fused-ring (bicyclic) bond motifs is 1. The van der Waals surface area contributed by atoms with Crippen LogP contribution in [0.2, 0.25) is 0 Å². The second kappa shape index (κ2) is 7.32. The Labute approximate surface area is 162 Å². The third-order valence-electron chi connectivity index (χ3n) is 4.45. The maximum Gasteiger partial charge on any atom is 0.268 e. The number of hydrogen-bond donors (Lipinski definition) is 0. The first-order chi connectivity index (χ1) is 13.6. The lowest BCUT2D eigenvalue weighted by Gasteiger charge is -2.10. The van der Waals surface area contributed by atoms with Crippen LogP contribution < -0.4 is 4.74 Å². The quantitative estimate of drug-likeness (QED) is 0.461. The first-order valence-corrected chi connectivity index (χ1v) is 10.1. The molecule has 0 aliphatic rings. The van der Waals surface area contributed by atoms with Crippen LogP contribution in [0.4, 0.5) is 0 Å². The molecule has 0 amide bonds. The standard InChI is InChI=1S/C22H17NO4S/c24-15-18-14-23(28(25,26)19-10-5-2-6-11-19)20-12-7-13-21(22(18)20)27-16-17-8-3-1-4-9-17/h1-15H,16H2. The van der Waals surface area contributed by atoms with Crippen LogP contribution >= 0.6 is 0 Å². The lowest BCUT2D eigenvalue weighted by Crippen LogP contribution is -2.11. The minimum atomic E-state index is -3.84. The summed E-state index contributed by atoms with van der Waals surface area (Å²) in [6.07, 6.45) is 1.99. The molecule has 0 aliphatic heterocycles. The Bertz CT molecular complexity index is 1230. The van der Waals surface area contributed by atoms with Crippen molar-refractivity contribution in [2.24, 2.45) is 0 Å². The summed E-state index contributed by atoms with van der Waals surface area (Å²) in [5, 5.41) is 0.480. The van der Waals surface area contributed by atoms with Gasteiger partial charge in [0.05, 0.1) is 15.8 Å². The molecule has 4 aromatic rings. The van der Waals surface area contributed by atoms with E-state index in [0.29, 0.717) is 29.5 Å². The predicted molar refractivity (Wildman–Crippen MR) is 107 cm³/mol. The summed E-state index contributed by atoms with van der Waals surface area (Å²) in [4.78, 5) is 11.8. The molecule has 140 valence electrons. The largest absolute Gasteiger partial charge is 0.488 e. The van der Waals surface area contributed by atoms with Crippen molar-refractivity contribution in [3.05, 3.63) is 96.2 Å². The number of carbonyl (C=O) groups is 1. The third-order valence-corrected chi connectivity index (χ3v) is 6.14. The molecule has 0 spiro atoms. The maximum atomic E-state index is 13.1. The second-order valence-corrected chi connectivity index (χ2v) is 8.06. The van der Waals surface area contributed by atoms with Crippen LogP contribution in [-0.2, 0) is 16.6 Å². The van der Waals surface area contributed by atoms with Crippen LogP contribution in [0.3, 0.4) is 0 Å². The zero-order valence-electron chi connectivity index (χ0n) is 14.9. The van der Waals surface area contributed by atoms with Gasteiger partial charge in [-0.25, -0.2) is 12.4 Å². The van der Waals surface area contributed by atoms with Crippen molar-refractivity contribution in [3.63, 3.8) is 0 Å². The Morgan fingerprint density at radius 3 is 2.21 bits per heavy atom. The van der Waals surface area contributed by atoms with Gasteiger partial charge in [0.2, 0.25) is 0 Å². The molecule has 6 heteroatoms. The Balaban J connectivity index is 1.82. The summed E-state index contributed by atoms with van der Waals surface area (Å²) in [5.74, 6) is 0.463. The van der Waals surface area contributed by atoms with Crippen molar-refractivity contribution in [2.75, 3.05) is 0 Å². The van der Waals surface area contributed by atoms with E-state index in [1.54, 1.807) is 36.4 Å². The maximum absolute atomic E-state index is 13.1. The van der Waals surface area contributed by atoms with E-state index in [9.17, 15) is 13.2 Å². The Hall–Kier alpha value is -3.38. The normalized spacial score (nSPS) is 11.4. The molecule has 0 fully saturated rings. The van der Waals surface area contributed by atoms with Gasteiger partial charge in [0.25, 0.3) is 10.0 Å². The van der Waals surface area contributed by atoms with Crippen LogP contribution in [0, 0.1) is 0 Å². The number of hydrogen-bond acceptors (Lipinski definition) is 4. The summed E-state index contributed by atoms with van der Waals surface area (Å²) in [6.45, 7) is 0.314. The van der Waals surface area contributed by atoms with Crippen LogP contribution in [-0.4, -0.2) is 18.7 Å². The van der Waals surface area contributed by atoms with Crippen molar-refractivity contribution < 1.29 is 17.9 Å². The molecule has 0 N–H and O–H groups in total. The van der Waals surface area contributed by atoms with Crippen LogP contribution in [0.15, 0.2) is 90.0 Å². The van der Waals surface area contributed by atoms with Crippen molar-refractivity contribution in [3.8, 4) is 5.75 Å². The minimum absolute atomic E-state index is 0.153. The highest BCUT2D eigenvalue weighted by molar-refractivity contribution is 7.90. The molecule has 28 heavy (non-hydrogen) atoms. The molecule has 0 aliphatic carbocycles. The van der Waals surface area contributed by atoms with Crippen molar-refractivity contribution >= 4 is 27.2 Å². The van der Waals surface area contributed by atoms with Gasteiger partial charge in [-0.3, -0.25) is 4.79 Å². The molecule has 0 saturated carbocycles. The van der Waals surface area contributed by atoms with E-state index in [1.165, 1.54) is 18.3 Å². The van der Waals surface area contributed by atoms with Gasteiger partial charge in [-0.15, -0.1) is 0 Å². The summed E-state index contributed by atoms with van der Waals surface area (Å²) in [7, 11) is -3.84. The molecular weight excluding hydrogens is 374 g/mol. The molecule has 0 bridgehead atoms. The van der Waals surface area contributed by atoms with Crippen molar-refractivity contribution in [1.29, 1.82) is 0 Å². The van der Waals surface area contributed by atoms with E-state index in [4.69, 9.17) is 4.74 Å². The molecule has 0 radical (unpaired) electrons. The number of aldehydes is 1. The average Bonchev–Trinajstić information content (AvgIpc) is 3.14. The zero-order chi connectivity index (χ0) is 19.6. The fourth-order valence-electron chi connectivity index (χ4n) is 3.10. The smallest absolute Gasteiger partial charge is 0.268 e. The number of carbonyl (C=O) groups excluding carboxylic acids is 1. The van der Waals surface area contributed by atoms with Crippen molar-refractivity contribution in [2.45, 2.75) is 11.5 Å². The van der Waals surface area contributed by atoms with Gasteiger partial charge in [-0.1, -0.05) is 54.6 Å². The monoisotopic (exact) mass is 391 g/mol. The van der Waals surface area contributed by atoms with Gasteiger partial charge in [-0.05, 0) is 29.8 Å². The minimum Gasteiger partial charge on any atom is -0.488 e. The highest BCUT2D eigenvalue weighted by Gasteiger charge is 2.22. The third kappa shape index (κ3) is 3.18. The summed E-state index contributed by atoms with van der Waals surface area (Å²) in [5.41, 5.74) is 1.64. The van der Waals surface area contributed by atoms with Crippen LogP contribution in [0.1, 0.15) is 15.9 Å². The fraction of sp³-hybridized carbons (Fsp3) is 0.0455. The highest BCUT2D eigenvalue weighted by Crippen LogP contribution is 2.32. The van der Waals surface area contributed by atoms with Gasteiger partial charge < -0.3 is 4.74 Å². The zero-order valence-corrected chi connectivity index (χ0v) is 15.7. The molecule has 1 aromatic heterocycles. The van der Waals surface area contributed by atoms with E-state index in [0.717, 1.165) is 9.54 Å². The molecular formula is C22H17NO4S. The molecule has 1 heterocycles. The van der Waals surface area contributed by atoms with Gasteiger partial charge in [0, 0.05) is 11.8 Å². The van der Waals surface area contributed by atoms with E-state index < -0.39 is 10.0 Å². The summed E-state index contributed by atoms with van der Waals surface area (Å²) in [6, 6.07) is 22.9. The summed E-state index contributed by atoms with van der Waals surface area (Å²) >= 11 is 0. The number of aromatic nitrogens is 1. The molecule has 4 rings (SSSR count). The molecule has 0 unspecified atom stereocenters. The van der Waals surface area contributed by atoms with Crippen LogP contribution in [0.5, 0.6) is 5.75 Å². The van der Waals surface area contributed by atoms with Crippen LogP contribution in [0.25, 0.3) is 10.9 Å². The fourth-order valence-corrected chi connectivity index (χ4v) is 4.50. The Morgan fingerprint density at radius 2 is 1.54 bits per heavy atom. The van der Waals surface area contributed by atoms with E-state index in [2.05, 4.69) is 0 Å². The Morgan fingerprint density at radius 1 is 0.857 bits per heavy atom. The first-order valence-electron chi connectivity index (χ1n) is 8.68. The molecule has 5 nitrogen and oxygen atoms in total. The second-order valence-electron chi connectivity index (χ2n) is 6.24. The van der Waals surface area contributed by atoms with Gasteiger partial charge >= 0.3 is 0 Å². The predicted octanol–water partition coefficient (Wildman–Crippen LogP) is 4.27. The van der Waals surface area contributed by atoms with E-state index in [1.807, 2.05) is 30.3 Å². The summed E-state index contributed by atoms with van der Waals surface area (Å²) < 4.78 is 33.2. The lowest BCUT2D eigenvalue weighted by molar-refractivity contribution is 0.112. The van der Waals surface area contributed by atoms with Gasteiger partial charge in [0.15, 0.2) is 6.29 Å². The SMILES string of the molecule is O=Cc1cn(S(=O)(=O)c2ccccc2)c2cccc(OCc3ccccc3)c12. The number of nitrogens with zero attached hydrogens (tertiary/aromatic N) is 1. The molecule has 3 aromatic carbocycles. The van der Waals surface area contributed by atoms with E-state index >= 15 is 0 Å². The van der Waals surface area contributed by atoms with Gasteiger partial charge in [-0.2, -0.15) is 0 Å². The molecule has 0 saturated heterocycles. The topological polar surface area (TPSA) is 65.4 Å². The Kier molecular flexibility index (Phi) is 4.71. The van der Waals surface area contributed by atoms with E-state index in [-0.39, 0.29) is 10.5 Å². The highest BCUT2D eigenvalue weighted by atomic mass is 32.2. The van der Waals surface area contributed by atoms with Gasteiger partial charge in [0.1, 0.15) is 12.4 Å². The number of benzene rings is 3.